The second-order valence-corrected chi connectivity index (χ2v) is 6.02. The summed E-state index contributed by atoms with van der Waals surface area (Å²) in [6.07, 6.45) is 0. The molecule has 0 atom stereocenters. The van der Waals surface area contributed by atoms with Gasteiger partial charge in [-0.25, -0.2) is 9.97 Å². The van der Waals surface area contributed by atoms with Crippen molar-refractivity contribution in [3.63, 3.8) is 0 Å². The fourth-order valence-electron chi connectivity index (χ4n) is 2.02. The van der Waals surface area contributed by atoms with Crippen molar-refractivity contribution in [1.82, 2.24) is 9.97 Å². The van der Waals surface area contributed by atoms with E-state index in [1.54, 1.807) is 0 Å². The summed E-state index contributed by atoms with van der Waals surface area (Å²) in [5.41, 5.74) is 2.75. The Balaban J connectivity index is 2.02. The fraction of sp³-hybridized carbons (Fsp3) is 0.333. The van der Waals surface area contributed by atoms with Gasteiger partial charge in [0.05, 0.1) is 11.0 Å². The molecule has 0 bridgehead atoms. The molecule has 2 aromatic rings. The lowest BCUT2D eigenvalue weighted by atomic mass is 10.2. The van der Waals surface area contributed by atoms with Gasteiger partial charge in [0.2, 0.25) is 0 Å². The van der Waals surface area contributed by atoms with Gasteiger partial charge < -0.3 is 4.90 Å². The lowest BCUT2D eigenvalue weighted by Gasteiger charge is -2.28. The van der Waals surface area contributed by atoms with E-state index in [0.717, 1.165) is 24.1 Å². The molecule has 2 heterocycles. The van der Waals surface area contributed by atoms with Gasteiger partial charge in [0.15, 0.2) is 10.3 Å². The van der Waals surface area contributed by atoms with Crippen molar-refractivity contribution in [2.24, 2.45) is 0 Å². The molecule has 94 valence electrons. The van der Waals surface area contributed by atoms with Crippen LogP contribution in [0.1, 0.15) is 0 Å². The first-order chi connectivity index (χ1) is 8.74. The zero-order chi connectivity index (χ0) is 12.5. The molecule has 18 heavy (non-hydrogen) atoms. The highest BCUT2D eigenvalue weighted by molar-refractivity contribution is 7.99. The van der Waals surface area contributed by atoms with E-state index >= 15 is 0 Å². The fourth-order valence-corrected chi connectivity index (χ4v) is 3.19. The summed E-state index contributed by atoms with van der Waals surface area (Å²) in [5.74, 6) is 2.34. The number of rotatable bonds is 1. The quantitative estimate of drug-likeness (QED) is 0.806. The van der Waals surface area contributed by atoms with Gasteiger partial charge in [-0.15, -0.1) is 0 Å². The SMILES string of the molecule is Clc1nc2ccc(N3CCSCC3)cc2nc1Cl. The number of thioether (sulfide) groups is 1. The third kappa shape index (κ3) is 2.37. The maximum absolute atomic E-state index is 5.90. The first-order valence-electron chi connectivity index (χ1n) is 5.69. The zero-order valence-corrected chi connectivity index (χ0v) is 11.9. The van der Waals surface area contributed by atoms with E-state index in [4.69, 9.17) is 23.2 Å². The highest BCUT2D eigenvalue weighted by atomic mass is 35.5. The average molecular weight is 300 g/mol. The number of nitrogens with zero attached hydrogens (tertiary/aromatic N) is 3. The van der Waals surface area contributed by atoms with Crippen molar-refractivity contribution in [1.29, 1.82) is 0 Å². The van der Waals surface area contributed by atoms with Gasteiger partial charge in [0.25, 0.3) is 0 Å². The third-order valence-corrected chi connectivity index (χ3v) is 4.51. The molecule has 1 aromatic heterocycles. The Morgan fingerprint density at radius 3 is 2.39 bits per heavy atom. The van der Waals surface area contributed by atoms with Crippen LogP contribution in [0.5, 0.6) is 0 Å². The van der Waals surface area contributed by atoms with Crippen molar-refractivity contribution in [2.45, 2.75) is 0 Å². The Kier molecular flexibility index (Phi) is 3.50. The van der Waals surface area contributed by atoms with Crippen molar-refractivity contribution in [3.8, 4) is 0 Å². The van der Waals surface area contributed by atoms with E-state index in [-0.39, 0.29) is 10.3 Å². The number of fused-ring (bicyclic) bond motifs is 1. The topological polar surface area (TPSA) is 29.0 Å². The Hall–Kier alpha value is -0.710. The normalized spacial score (nSPS) is 16.2. The highest BCUT2D eigenvalue weighted by Crippen LogP contribution is 2.26. The minimum Gasteiger partial charge on any atom is -0.370 e. The van der Waals surface area contributed by atoms with E-state index < -0.39 is 0 Å². The second kappa shape index (κ2) is 5.11. The number of anilines is 1. The number of hydrogen-bond donors (Lipinski definition) is 0. The predicted molar refractivity (Wildman–Crippen MR) is 79.1 cm³/mol. The minimum absolute atomic E-state index is 0.256. The second-order valence-electron chi connectivity index (χ2n) is 4.08. The Bertz CT molecular complexity index is 585. The monoisotopic (exact) mass is 299 g/mol. The number of hydrogen-bond acceptors (Lipinski definition) is 4. The van der Waals surface area contributed by atoms with Crippen LogP contribution in [0.25, 0.3) is 11.0 Å². The van der Waals surface area contributed by atoms with Crippen LogP contribution >= 0.6 is 35.0 Å². The molecular weight excluding hydrogens is 289 g/mol. The molecule has 6 heteroatoms. The maximum Gasteiger partial charge on any atom is 0.167 e. The zero-order valence-electron chi connectivity index (χ0n) is 9.57. The molecule has 3 nitrogen and oxygen atoms in total. The van der Waals surface area contributed by atoms with E-state index in [1.807, 2.05) is 23.9 Å². The van der Waals surface area contributed by atoms with Crippen molar-refractivity contribution >= 4 is 51.7 Å². The molecule has 1 aromatic carbocycles. The van der Waals surface area contributed by atoms with Gasteiger partial charge in [-0.2, -0.15) is 11.8 Å². The predicted octanol–water partition coefficient (Wildman–Crippen LogP) is 3.49. The van der Waals surface area contributed by atoms with Gasteiger partial charge in [0.1, 0.15) is 0 Å². The van der Waals surface area contributed by atoms with Gasteiger partial charge in [-0.05, 0) is 18.2 Å². The van der Waals surface area contributed by atoms with Gasteiger partial charge >= 0.3 is 0 Å². The van der Waals surface area contributed by atoms with Gasteiger partial charge in [-0.1, -0.05) is 23.2 Å². The summed E-state index contributed by atoms with van der Waals surface area (Å²) in [6.45, 7) is 2.15. The number of benzene rings is 1. The van der Waals surface area contributed by atoms with Crippen LogP contribution < -0.4 is 4.90 Å². The minimum atomic E-state index is 0.256. The number of aromatic nitrogens is 2. The molecule has 1 fully saturated rings. The Morgan fingerprint density at radius 2 is 1.67 bits per heavy atom. The van der Waals surface area contributed by atoms with Crippen LogP contribution in [0.4, 0.5) is 5.69 Å². The maximum atomic E-state index is 5.90. The largest absolute Gasteiger partial charge is 0.370 e. The van der Waals surface area contributed by atoms with E-state index in [0.29, 0.717) is 0 Å². The van der Waals surface area contributed by atoms with Crippen LogP contribution in [-0.2, 0) is 0 Å². The van der Waals surface area contributed by atoms with Crippen LogP contribution in [0.15, 0.2) is 18.2 Å². The van der Waals surface area contributed by atoms with Crippen LogP contribution in [0.3, 0.4) is 0 Å². The summed E-state index contributed by atoms with van der Waals surface area (Å²) in [7, 11) is 0. The molecule has 1 aliphatic rings. The lowest BCUT2D eigenvalue weighted by Crippen LogP contribution is -2.32. The summed E-state index contributed by atoms with van der Waals surface area (Å²) in [6, 6.07) is 6.04. The van der Waals surface area contributed by atoms with Crippen molar-refractivity contribution < 1.29 is 0 Å². The van der Waals surface area contributed by atoms with Crippen molar-refractivity contribution in [2.75, 3.05) is 29.5 Å². The lowest BCUT2D eigenvalue weighted by molar-refractivity contribution is 0.859. The van der Waals surface area contributed by atoms with E-state index in [1.165, 1.54) is 17.2 Å². The van der Waals surface area contributed by atoms with Crippen LogP contribution in [0.2, 0.25) is 10.3 Å². The Labute approximate surface area is 119 Å². The average Bonchev–Trinajstić information content (AvgIpc) is 2.41. The highest BCUT2D eigenvalue weighted by Gasteiger charge is 2.12. The van der Waals surface area contributed by atoms with Crippen LogP contribution in [-0.4, -0.2) is 34.6 Å². The van der Waals surface area contributed by atoms with Gasteiger partial charge in [0, 0.05) is 30.3 Å². The molecule has 0 unspecified atom stereocenters. The van der Waals surface area contributed by atoms with E-state index in [9.17, 15) is 0 Å². The smallest absolute Gasteiger partial charge is 0.167 e. The molecule has 0 saturated carbocycles. The van der Waals surface area contributed by atoms with E-state index in [2.05, 4.69) is 20.9 Å². The summed E-state index contributed by atoms with van der Waals surface area (Å²) < 4.78 is 0. The molecule has 0 aliphatic carbocycles. The molecule has 0 radical (unpaired) electrons. The molecule has 3 rings (SSSR count). The third-order valence-electron chi connectivity index (χ3n) is 2.94. The molecule has 1 saturated heterocycles. The first-order valence-corrected chi connectivity index (χ1v) is 7.60. The molecule has 0 spiro atoms. The summed E-state index contributed by atoms with van der Waals surface area (Å²) in [5, 5.41) is 0.516. The van der Waals surface area contributed by atoms with Crippen LogP contribution in [0, 0.1) is 0 Å². The van der Waals surface area contributed by atoms with Crippen molar-refractivity contribution in [3.05, 3.63) is 28.5 Å². The Morgan fingerprint density at radius 1 is 1.00 bits per heavy atom. The van der Waals surface area contributed by atoms with Gasteiger partial charge in [-0.3, -0.25) is 0 Å². The molecular formula is C12H11Cl2N3S. The summed E-state index contributed by atoms with van der Waals surface area (Å²) >= 11 is 13.8. The first kappa shape index (κ1) is 12.3. The standard InChI is InChI=1S/C12H11Cl2N3S/c13-11-12(14)16-10-7-8(1-2-9(10)15-11)17-3-5-18-6-4-17/h1-2,7H,3-6H2. The number of halogens is 2. The molecule has 0 N–H and O–H groups in total. The summed E-state index contributed by atoms with van der Waals surface area (Å²) in [4.78, 5) is 10.8. The molecule has 1 aliphatic heterocycles. The molecule has 0 amide bonds.